The molecule has 1 aromatic heterocycles. The zero-order valence-corrected chi connectivity index (χ0v) is 24.2. The quantitative estimate of drug-likeness (QED) is 0.121. The summed E-state index contributed by atoms with van der Waals surface area (Å²) in [5.41, 5.74) is 3.83. The fourth-order valence-corrected chi connectivity index (χ4v) is 4.71. The predicted molar refractivity (Wildman–Crippen MR) is 160 cm³/mol. The number of ether oxygens (including phenoxy) is 2. The molecule has 0 saturated heterocycles. The standard InChI is InChI=1S/C34H46N2O3/c1-4-7-9-10-11-12-16-23-32(37)39-30(21-8-5-2)28-25-35-34(36-26-28)33-29(27-18-14-13-15-19-27)20-17-22-31(33)38-24-6-3/h13-15,17-20,22,25-26,30H,4-12,16,21,23-24H2,1-3H3/t30-/m0/s1. The van der Waals surface area contributed by atoms with Crippen LogP contribution in [0, 0.1) is 0 Å². The van der Waals surface area contributed by atoms with Gasteiger partial charge in [-0.3, -0.25) is 4.79 Å². The Morgan fingerprint density at radius 1 is 0.769 bits per heavy atom. The SMILES string of the molecule is CCCCCCCCCC(=O)O[C@@H](CCCC)c1cnc(-c2c(OCCC)cccc2-c2ccccc2)nc1. The number of hydrogen-bond acceptors (Lipinski definition) is 5. The van der Waals surface area contributed by atoms with E-state index in [1.165, 1.54) is 32.1 Å². The largest absolute Gasteiger partial charge is 0.493 e. The molecule has 210 valence electrons. The summed E-state index contributed by atoms with van der Waals surface area (Å²) in [6, 6.07) is 16.3. The molecule has 0 radical (unpaired) electrons. The van der Waals surface area contributed by atoms with Crippen molar-refractivity contribution in [1.29, 1.82) is 0 Å². The maximum atomic E-state index is 12.7. The number of aromatic nitrogens is 2. The molecule has 5 nitrogen and oxygen atoms in total. The number of benzene rings is 2. The van der Waals surface area contributed by atoms with Gasteiger partial charge >= 0.3 is 5.97 Å². The Morgan fingerprint density at radius 3 is 2.15 bits per heavy atom. The first-order chi connectivity index (χ1) is 19.2. The fourth-order valence-electron chi connectivity index (χ4n) is 4.71. The van der Waals surface area contributed by atoms with Crippen molar-refractivity contribution in [2.45, 2.75) is 104 Å². The lowest BCUT2D eigenvalue weighted by molar-refractivity contribution is -0.150. The second kappa shape index (κ2) is 17.4. The topological polar surface area (TPSA) is 61.3 Å². The first-order valence-electron chi connectivity index (χ1n) is 15.0. The van der Waals surface area contributed by atoms with Crippen LogP contribution in [0.5, 0.6) is 5.75 Å². The molecule has 3 rings (SSSR count). The van der Waals surface area contributed by atoms with Crippen molar-refractivity contribution in [3.8, 4) is 28.3 Å². The Bertz CT molecular complexity index is 1100. The molecule has 3 aromatic rings. The van der Waals surface area contributed by atoms with Crippen molar-refractivity contribution in [1.82, 2.24) is 9.97 Å². The van der Waals surface area contributed by atoms with Crippen LogP contribution in [0.3, 0.4) is 0 Å². The van der Waals surface area contributed by atoms with Crippen LogP contribution >= 0.6 is 0 Å². The molecule has 0 amide bonds. The number of carbonyl (C=O) groups excluding carboxylic acids is 1. The van der Waals surface area contributed by atoms with E-state index in [4.69, 9.17) is 19.4 Å². The average molecular weight is 531 g/mol. The van der Waals surface area contributed by atoms with Gasteiger partial charge in [0.1, 0.15) is 11.9 Å². The van der Waals surface area contributed by atoms with Crippen molar-refractivity contribution in [3.05, 3.63) is 66.5 Å². The molecular weight excluding hydrogens is 484 g/mol. The molecule has 0 spiro atoms. The normalized spacial score (nSPS) is 11.8. The molecular formula is C34H46N2O3. The van der Waals surface area contributed by atoms with Crippen LogP contribution in [-0.4, -0.2) is 22.5 Å². The summed E-state index contributed by atoms with van der Waals surface area (Å²) in [6.45, 7) is 7.09. The number of esters is 1. The van der Waals surface area contributed by atoms with Crippen molar-refractivity contribution < 1.29 is 14.3 Å². The molecule has 5 heteroatoms. The zero-order valence-electron chi connectivity index (χ0n) is 24.2. The van der Waals surface area contributed by atoms with Crippen molar-refractivity contribution in [3.63, 3.8) is 0 Å². The minimum Gasteiger partial charge on any atom is -0.493 e. The molecule has 39 heavy (non-hydrogen) atoms. The summed E-state index contributed by atoms with van der Waals surface area (Å²) in [5.74, 6) is 1.25. The summed E-state index contributed by atoms with van der Waals surface area (Å²) in [4.78, 5) is 22.2. The number of nitrogens with zero attached hydrogens (tertiary/aromatic N) is 2. The summed E-state index contributed by atoms with van der Waals surface area (Å²) in [5, 5.41) is 0. The van der Waals surface area contributed by atoms with Crippen LogP contribution in [0.4, 0.5) is 0 Å². The third-order valence-electron chi connectivity index (χ3n) is 6.92. The van der Waals surface area contributed by atoms with Crippen LogP contribution in [0.1, 0.15) is 109 Å². The van der Waals surface area contributed by atoms with Gasteiger partial charge in [-0.25, -0.2) is 9.97 Å². The fraction of sp³-hybridized carbons (Fsp3) is 0.500. The molecule has 0 unspecified atom stereocenters. The van der Waals surface area contributed by atoms with E-state index in [0.717, 1.165) is 66.5 Å². The summed E-state index contributed by atoms with van der Waals surface area (Å²) < 4.78 is 12.1. The van der Waals surface area contributed by atoms with Crippen LogP contribution in [0.15, 0.2) is 60.9 Å². The molecule has 0 aliphatic heterocycles. The Kier molecular flexibility index (Phi) is 13.5. The van der Waals surface area contributed by atoms with Gasteiger partial charge in [0.05, 0.1) is 12.2 Å². The smallest absolute Gasteiger partial charge is 0.306 e. The van der Waals surface area contributed by atoms with Gasteiger partial charge in [-0.15, -0.1) is 0 Å². The Labute approximate surface area is 235 Å². The van der Waals surface area contributed by atoms with E-state index < -0.39 is 0 Å². The van der Waals surface area contributed by atoms with Gasteiger partial charge in [-0.05, 0) is 42.9 Å². The average Bonchev–Trinajstić information content (AvgIpc) is 2.98. The summed E-state index contributed by atoms with van der Waals surface area (Å²) in [6.07, 6.45) is 15.7. The number of rotatable bonds is 18. The molecule has 0 saturated carbocycles. The van der Waals surface area contributed by atoms with E-state index in [2.05, 4.69) is 39.0 Å². The van der Waals surface area contributed by atoms with E-state index >= 15 is 0 Å². The molecule has 1 heterocycles. The van der Waals surface area contributed by atoms with Crippen LogP contribution in [0.25, 0.3) is 22.5 Å². The lowest BCUT2D eigenvalue weighted by atomic mass is 9.98. The lowest BCUT2D eigenvalue weighted by Gasteiger charge is -2.19. The van der Waals surface area contributed by atoms with Crippen molar-refractivity contribution >= 4 is 5.97 Å². The van der Waals surface area contributed by atoms with Crippen molar-refractivity contribution in [2.24, 2.45) is 0 Å². The molecule has 0 bridgehead atoms. The van der Waals surface area contributed by atoms with Gasteiger partial charge in [0.15, 0.2) is 5.82 Å². The summed E-state index contributed by atoms with van der Waals surface area (Å²) >= 11 is 0. The van der Waals surface area contributed by atoms with E-state index in [1.807, 2.05) is 42.7 Å². The first-order valence-corrected chi connectivity index (χ1v) is 15.0. The van der Waals surface area contributed by atoms with E-state index in [-0.39, 0.29) is 12.1 Å². The minimum atomic E-state index is -0.323. The minimum absolute atomic E-state index is 0.126. The predicted octanol–water partition coefficient (Wildman–Crippen LogP) is 9.51. The van der Waals surface area contributed by atoms with Crippen LogP contribution < -0.4 is 4.74 Å². The lowest BCUT2D eigenvalue weighted by Crippen LogP contribution is -2.12. The molecule has 1 atom stereocenters. The zero-order chi connectivity index (χ0) is 27.7. The number of unbranched alkanes of at least 4 members (excludes halogenated alkanes) is 7. The van der Waals surface area contributed by atoms with Gasteiger partial charge in [-0.2, -0.15) is 0 Å². The highest BCUT2D eigenvalue weighted by molar-refractivity contribution is 5.84. The van der Waals surface area contributed by atoms with Crippen molar-refractivity contribution in [2.75, 3.05) is 6.61 Å². The van der Waals surface area contributed by atoms with E-state index in [9.17, 15) is 4.79 Å². The Balaban J connectivity index is 1.75. The number of carbonyl (C=O) groups is 1. The first kappa shape index (κ1) is 30.3. The van der Waals surface area contributed by atoms with Crippen LogP contribution in [-0.2, 0) is 9.53 Å². The van der Waals surface area contributed by atoms with Gasteiger partial charge in [0.25, 0.3) is 0 Å². The third-order valence-corrected chi connectivity index (χ3v) is 6.92. The number of hydrogen-bond donors (Lipinski definition) is 0. The van der Waals surface area contributed by atoms with Gasteiger partial charge in [0, 0.05) is 24.4 Å². The maximum Gasteiger partial charge on any atom is 0.306 e. The third kappa shape index (κ3) is 9.80. The highest BCUT2D eigenvalue weighted by Crippen LogP contribution is 2.38. The second-order valence-electron chi connectivity index (χ2n) is 10.2. The van der Waals surface area contributed by atoms with Gasteiger partial charge in [0.2, 0.25) is 0 Å². The van der Waals surface area contributed by atoms with Gasteiger partial charge < -0.3 is 9.47 Å². The molecule has 0 aliphatic rings. The highest BCUT2D eigenvalue weighted by Gasteiger charge is 2.20. The summed E-state index contributed by atoms with van der Waals surface area (Å²) in [7, 11) is 0. The van der Waals surface area contributed by atoms with E-state index in [1.54, 1.807) is 0 Å². The highest BCUT2D eigenvalue weighted by atomic mass is 16.5. The maximum absolute atomic E-state index is 12.7. The van der Waals surface area contributed by atoms with Gasteiger partial charge in [-0.1, -0.05) is 108 Å². The molecule has 0 aliphatic carbocycles. The Morgan fingerprint density at radius 2 is 1.46 bits per heavy atom. The van der Waals surface area contributed by atoms with Crippen LogP contribution in [0.2, 0.25) is 0 Å². The second-order valence-corrected chi connectivity index (χ2v) is 10.2. The van der Waals surface area contributed by atoms with E-state index in [0.29, 0.717) is 18.9 Å². The molecule has 0 N–H and O–H groups in total. The Hall–Kier alpha value is -3.21. The monoisotopic (exact) mass is 530 g/mol. The molecule has 2 aromatic carbocycles. The molecule has 0 fully saturated rings.